The van der Waals surface area contributed by atoms with Crippen LogP contribution in [0.3, 0.4) is 0 Å². The highest BCUT2D eigenvalue weighted by Gasteiger charge is 2.22. The maximum Gasteiger partial charge on any atom is 0.115 e. The van der Waals surface area contributed by atoms with Gasteiger partial charge in [0.05, 0.1) is 0 Å². The molecular weight excluding hydrogens is 286 g/mol. The molecule has 0 aliphatic carbocycles. The monoisotopic (exact) mass is 305 g/mol. The second-order valence-electron chi connectivity index (χ2n) is 6.01. The Morgan fingerprint density at radius 3 is 2.91 bits per heavy atom. The standard InChI is InChI=1S/C18H19N5/c1-2-15-10-19-6-4-17(15)18(3-1)22-16-5-7-23(12-16)11-14-8-20-13-21-9-14/h1-4,6,8-10,13,16,22H,5,7,11-12H2. The molecule has 1 aromatic carbocycles. The van der Waals surface area contributed by atoms with E-state index in [0.717, 1.165) is 26.1 Å². The zero-order valence-electron chi connectivity index (χ0n) is 12.9. The van der Waals surface area contributed by atoms with E-state index in [0.29, 0.717) is 6.04 Å². The van der Waals surface area contributed by atoms with Crippen LogP contribution in [0.4, 0.5) is 5.69 Å². The number of anilines is 1. The average Bonchev–Trinajstić information content (AvgIpc) is 3.03. The van der Waals surface area contributed by atoms with Crippen molar-refractivity contribution in [3.63, 3.8) is 0 Å². The first-order valence-electron chi connectivity index (χ1n) is 7.94. The summed E-state index contributed by atoms with van der Waals surface area (Å²) in [6, 6.07) is 8.88. The molecule has 0 bridgehead atoms. The summed E-state index contributed by atoms with van der Waals surface area (Å²) < 4.78 is 0. The Balaban J connectivity index is 1.44. The van der Waals surface area contributed by atoms with Gasteiger partial charge in [0.2, 0.25) is 0 Å². The third-order valence-electron chi connectivity index (χ3n) is 4.33. The molecule has 2 aromatic heterocycles. The molecule has 0 radical (unpaired) electrons. The molecule has 5 heteroatoms. The number of benzene rings is 1. The van der Waals surface area contributed by atoms with Crippen molar-refractivity contribution in [3.8, 4) is 0 Å². The molecule has 23 heavy (non-hydrogen) atoms. The predicted molar refractivity (Wildman–Crippen MR) is 91.1 cm³/mol. The molecule has 3 heterocycles. The van der Waals surface area contributed by atoms with E-state index in [2.05, 4.69) is 49.4 Å². The molecule has 4 rings (SSSR count). The number of nitrogens with zero attached hydrogens (tertiary/aromatic N) is 4. The second kappa shape index (κ2) is 6.30. The van der Waals surface area contributed by atoms with Gasteiger partial charge in [0, 0.05) is 72.5 Å². The van der Waals surface area contributed by atoms with Gasteiger partial charge in [0.25, 0.3) is 0 Å². The normalized spacial score (nSPS) is 18.3. The Morgan fingerprint density at radius 2 is 2.00 bits per heavy atom. The quantitative estimate of drug-likeness (QED) is 0.803. The number of pyridine rings is 1. The molecule has 1 unspecified atom stereocenters. The summed E-state index contributed by atoms with van der Waals surface area (Å²) in [5.41, 5.74) is 2.36. The minimum atomic E-state index is 0.471. The smallest absolute Gasteiger partial charge is 0.115 e. The first-order chi connectivity index (χ1) is 11.4. The molecule has 116 valence electrons. The van der Waals surface area contributed by atoms with Gasteiger partial charge in [-0.15, -0.1) is 0 Å². The van der Waals surface area contributed by atoms with Gasteiger partial charge >= 0.3 is 0 Å². The summed E-state index contributed by atoms with van der Waals surface area (Å²) in [5, 5.41) is 6.11. The molecule has 1 saturated heterocycles. The lowest BCUT2D eigenvalue weighted by Gasteiger charge is -2.18. The lowest BCUT2D eigenvalue weighted by Crippen LogP contribution is -2.26. The van der Waals surface area contributed by atoms with Crippen LogP contribution in [0.25, 0.3) is 10.8 Å². The summed E-state index contributed by atoms with van der Waals surface area (Å²) in [4.78, 5) is 14.8. The van der Waals surface area contributed by atoms with E-state index in [1.54, 1.807) is 6.33 Å². The number of nitrogens with one attached hydrogen (secondary N) is 1. The van der Waals surface area contributed by atoms with Gasteiger partial charge in [-0.3, -0.25) is 9.88 Å². The molecule has 5 nitrogen and oxygen atoms in total. The Morgan fingerprint density at radius 1 is 1.09 bits per heavy atom. The fraction of sp³-hybridized carbons (Fsp3) is 0.278. The Bertz CT molecular complexity index is 784. The van der Waals surface area contributed by atoms with E-state index in [9.17, 15) is 0 Å². The van der Waals surface area contributed by atoms with Crippen LogP contribution in [0.5, 0.6) is 0 Å². The number of likely N-dealkylation sites (tertiary alicyclic amines) is 1. The highest BCUT2D eigenvalue weighted by atomic mass is 15.2. The van der Waals surface area contributed by atoms with Crippen molar-refractivity contribution >= 4 is 16.5 Å². The lowest BCUT2D eigenvalue weighted by molar-refractivity contribution is 0.328. The Kier molecular flexibility index (Phi) is 3.86. The van der Waals surface area contributed by atoms with Gasteiger partial charge < -0.3 is 5.32 Å². The van der Waals surface area contributed by atoms with Crippen molar-refractivity contribution in [2.45, 2.75) is 19.0 Å². The molecular formula is C18H19N5. The third kappa shape index (κ3) is 3.14. The van der Waals surface area contributed by atoms with E-state index in [4.69, 9.17) is 0 Å². The minimum absolute atomic E-state index is 0.471. The number of hydrogen-bond donors (Lipinski definition) is 1. The molecule has 1 atom stereocenters. The summed E-state index contributed by atoms with van der Waals surface area (Å²) in [5.74, 6) is 0. The topological polar surface area (TPSA) is 53.9 Å². The fourth-order valence-electron chi connectivity index (χ4n) is 3.23. The van der Waals surface area contributed by atoms with Gasteiger partial charge in [-0.1, -0.05) is 12.1 Å². The largest absolute Gasteiger partial charge is 0.380 e. The van der Waals surface area contributed by atoms with Crippen molar-refractivity contribution < 1.29 is 0 Å². The summed E-state index contributed by atoms with van der Waals surface area (Å²) in [7, 11) is 0. The molecule has 1 N–H and O–H groups in total. The van der Waals surface area contributed by atoms with E-state index in [-0.39, 0.29) is 0 Å². The molecule has 1 aliphatic rings. The molecule has 0 spiro atoms. The van der Waals surface area contributed by atoms with Crippen LogP contribution < -0.4 is 5.32 Å². The third-order valence-corrected chi connectivity index (χ3v) is 4.33. The fourth-order valence-corrected chi connectivity index (χ4v) is 3.23. The average molecular weight is 305 g/mol. The maximum absolute atomic E-state index is 4.20. The van der Waals surface area contributed by atoms with E-state index < -0.39 is 0 Å². The van der Waals surface area contributed by atoms with Crippen molar-refractivity contribution in [1.29, 1.82) is 0 Å². The number of hydrogen-bond acceptors (Lipinski definition) is 5. The SMILES string of the molecule is c1cc(NC2CCN(Cc3cncnc3)C2)c2ccncc2c1. The molecule has 0 saturated carbocycles. The number of aromatic nitrogens is 3. The second-order valence-corrected chi connectivity index (χ2v) is 6.01. The van der Waals surface area contributed by atoms with Gasteiger partial charge in [0.15, 0.2) is 0 Å². The van der Waals surface area contributed by atoms with Gasteiger partial charge in [-0.25, -0.2) is 9.97 Å². The number of rotatable bonds is 4. The zero-order chi connectivity index (χ0) is 15.5. The van der Waals surface area contributed by atoms with Crippen LogP contribution >= 0.6 is 0 Å². The first kappa shape index (κ1) is 14.1. The molecule has 1 aliphatic heterocycles. The van der Waals surface area contributed by atoms with Crippen LogP contribution in [0.2, 0.25) is 0 Å². The van der Waals surface area contributed by atoms with Crippen LogP contribution in [0.15, 0.2) is 55.4 Å². The lowest BCUT2D eigenvalue weighted by atomic mass is 10.1. The Labute approximate surface area is 135 Å². The maximum atomic E-state index is 4.20. The predicted octanol–water partition coefficient (Wildman–Crippen LogP) is 2.71. The first-order valence-corrected chi connectivity index (χ1v) is 7.94. The van der Waals surface area contributed by atoms with Gasteiger partial charge in [-0.05, 0) is 18.6 Å². The summed E-state index contributed by atoms with van der Waals surface area (Å²) >= 11 is 0. The highest BCUT2D eigenvalue weighted by molar-refractivity contribution is 5.93. The van der Waals surface area contributed by atoms with Crippen LogP contribution in [-0.2, 0) is 6.54 Å². The molecule has 3 aromatic rings. The summed E-state index contributed by atoms with van der Waals surface area (Å²) in [6.45, 7) is 3.05. The van der Waals surface area contributed by atoms with Crippen molar-refractivity contribution in [1.82, 2.24) is 19.9 Å². The molecule has 0 amide bonds. The van der Waals surface area contributed by atoms with E-state index in [1.807, 2.05) is 24.8 Å². The zero-order valence-corrected chi connectivity index (χ0v) is 12.9. The Hall–Kier alpha value is -2.53. The van der Waals surface area contributed by atoms with Crippen molar-refractivity contribution in [2.24, 2.45) is 0 Å². The minimum Gasteiger partial charge on any atom is -0.380 e. The summed E-state index contributed by atoms with van der Waals surface area (Å²) in [6.07, 6.45) is 10.3. The highest BCUT2D eigenvalue weighted by Crippen LogP contribution is 2.25. The van der Waals surface area contributed by atoms with E-state index >= 15 is 0 Å². The van der Waals surface area contributed by atoms with E-state index in [1.165, 1.54) is 22.0 Å². The van der Waals surface area contributed by atoms with Crippen LogP contribution in [0, 0.1) is 0 Å². The van der Waals surface area contributed by atoms with Gasteiger partial charge in [-0.2, -0.15) is 0 Å². The van der Waals surface area contributed by atoms with Crippen LogP contribution in [-0.4, -0.2) is 39.0 Å². The number of fused-ring (bicyclic) bond motifs is 1. The van der Waals surface area contributed by atoms with Crippen molar-refractivity contribution in [3.05, 3.63) is 60.9 Å². The molecule has 1 fully saturated rings. The van der Waals surface area contributed by atoms with Crippen LogP contribution in [0.1, 0.15) is 12.0 Å². The van der Waals surface area contributed by atoms with Gasteiger partial charge in [0.1, 0.15) is 6.33 Å². The van der Waals surface area contributed by atoms with Crippen molar-refractivity contribution in [2.75, 3.05) is 18.4 Å².